The molecule has 1 saturated heterocycles. The number of sulfonamides is 2. The van der Waals surface area contributed by atoms with Crippen molar-refractivity contribution in [3.63, 3.8) is 0 Å². The lowest BCUT2D eigenvalue weighted by molar-refractivity contribution is 0.349. The first-order valence-electron chi connectivity index (χ1n) is 8.43. The van der Waals surface area contributed by atoms with Crippen molar-refractivity contribution < 1.29 is 16.8 Å². The lowest BCUT2D eigenvalue weighted by Crippen LogP contribution is -2.34. The molecule has 1 aromatic carbocycles. The lowest BCUT2D eigenvalue weighted by Gasteiger charge is -2.22. The third-order valence-corrected chi connectivity index (χ3v) is 7.78. The highest BCUT2D eigenvalue weighted by atomic mass is 35.5. The molecule has 1 aliphatic rings. The van der Waals surface area contributed by atoms with Gasteiger partial charge in [0.25, 0.3) is 0 Å². The maximum atomic E-state index is 12.7. The molecule has 0 bridgehead atoms. The average Bonchev–Trinajstić information content (AvgIpc) is 2.97. The molecular formula is C16H28ClN3O4S2. The number of hydrogen-bond donors (Lipinski definition) is 2. The van der Waals surface area contributed by atoms with Gasteiger partial charge in [-0.1, -0.05) is 20.3 Å². The van der Waals surface area contributed by atoms with Crippen molar-refractivity contribution in [2.24, 2.45) is 11.1 Å². The summed E-state index contributed by atoms with van der Waals surface area (Å²) < 4.78 is 53.2. The van der Waals surface area contributed by atoms with Crippen molar-refractivity contribution in [2.75, 3.05) is 30.1 Å². The average molecular weight is 426 g/mol. The van der Waals surface area contributed by atoms with E-state index in [1.54, 1.807) is 0 Å². The predicted molar refractivity (Wildman–Crippen MR) is 107 cm³/mol. The van der Waals surface area contributed by atoms with Crippen LogP contribution >= 0.6 is 12.4 Å². The minimum Gasteiger partial charge on any atom is -0.330 e. The first kappa shape index (κ1) is 23.2. The molecule has 7 nitrogen and oxygen atoms in total. The van der Waals surface area contributed by atoms with E-state index in [0.29, 0.717) is 31.7 Å². The van der Waals surface area contributed by atoms with Gasteiger partial charge in [-0.3, -0.25) is 4.72 Å². The number of rotatable bonds is 8. The Labute approximate surface area is 162 Å². The number of nitrogens with zero attached hydrogens (tertiary/aromatic N) is 1. The zero-order chi connectivity index (χ0) is 18.7. The minimum absolute atomic E-state index is 0. The molecule has 0 amide bonds. The summed E-state index contributed by atoms with van der Waals surface area (Å²) in [5.41, 5.74) is 5.91. The Bertz CT molecular complexity index is 797. The Morgan fingerprint density at radius 2 is 1.81 bits per heavy atom. The van der Waals surface area contributed by atoms with Gasteiger partial charge in [0.05, 0.1) is 10.6 Å². The quantitative estimate of drug-likeness (QED) is 0.662. The van der Waals surface area contributed by atoms with Gasteiger partial charge in [-0.15, -0.1) is 12.4 Å². The zero-order valence-corrected chi connectivity index (χ0v) is 17.6. The van der Waals surface area contributed by atoms with Crippen LogP contribution < -0.4 is 10.5 Å². The first-order chi connectivity index (χ1) is 11.6. The zero-order valence-electron chi connectivity index (χ0n) is 15.1. The maximum Gasteiger partial charge on any atom is 0.243 e. The molecule has 0 aliphatic carbocycles. The van der Waals surface area contributed by atoms with Crippen LogP contribution in [0.25, 0.3) is 0 Å². The number of hydrogen-bond acceptors (Lipinski definition) is 5. The Kier molecular flexibility index (Phi) is 7.91. The number of halogens is 1. The summed E-state index contributed by atoms with van der Waals surface area (Å²) in [6.07, 6.45) is 2.10. The summed E-state index contributed by atoms with van der Waals surface area (Å²) in [5.74, 6) is 0.0506. The van der Waals surface area contributed by atoms with E-state index in [9.17, 15) is 16.8 Å². The van der Waals surface area contributed by atoms with Crippen molar-refractivity contribution in [1.82, 2.24) is 4.31 Å². The molecule has 0 spiro atoms. The van der Waals surface area contributed by atoms with Gasteiger partial charge in [-0.2, -0.15) is 4.31 Å². The van der Waals surface area contributed by atoms with Crippen LogP contribution in [0.4, 0.5) is 5.69 Å². The SMILES string of the molecule is CCCCS(=O)(=O)Nc1ccc(S(=O)(=O)N2CCC(C)(CN)C2)cc1.Cl. The van der Waals surface area contributed by atoms with Crippen LogP contribution in [0.2, 0.25) is 0 Å². The highest BCUT2D eigenvalue weighted by Crippen LogP contribution is 2.32. The van der Waals surface area contributed by atoms with Crippen LogP contribution in [0, 0.1) is 5.41 Å². The molecule has 0 saturated carbocycles. The van der Waals surface area contributed by atoms with E-state index >= 15 is 0 Å². The van der Waals surface area contributed by atoms with Gasteiger partial charge in [0, 0.05) is 18.8 Å². The highest BCUT2D eigenvalue weighted by molar-refractivity contribution is 7.92. The van der Waals surface area contributed by atoms with E-state index in [1.807, 2.05) is 13.8 Å². The van der Waals surface area contributed by atoms with Crippen molar-refractivity contribution >= 4 is 38.1 Å². The van der Waals surface area contributed by atoms with Gasteiger partial charge in [0.15, 0.2) is 0 Å². The molecule has 2 rings (SSSR count). The number of nitrogens with one attached hydrogen (secondary N) is 1. The topological polar surface area (TPSA) is 110 Å². The van der Waals surface area contributed by atoms with Crippen molar-refractivity contribution in [1.29, 1.82) is 0 Å². The summed E-state index contributed by atoms with van der Waals surface area (Å²) in [5, 5.41) is 0. The maximum absolute atomic E-state index is 12.7. The molecule has 10 heteroatoms. The van der Waals surface area contributed by atoms with E-state index < -0.39 is 20.0 Å². The second-order valence-corrected chi connectivity index (χ2v) is 10.7. The summed E-state index contributed by atoms with van der Waals surface area (Å²) in [7, 11) is -7.00. The van der Waals surface area contributed by atoms with Crippen molar-refractivity contribution in [3.8, 4) is 0 Å². The van der Waals surface area contributed by atoms with Crippen LogP contribution in [0.3, 0.4) is 0 Å². The molecule has 0 aromatic heterocycles. The molecule has 3 N–H and O–H groups in total. The van der Waals surface area contributed by atoms with Crippen molar-refractivity contribution in [3.05, 3.63) is 24.3 Å². The van der Waals surface area contributed by atoms with Crippen LogP contribution in [-0.2, 0) is 20.0 Å². The third kappa shape index (κ3) is 5.56. The van der Waals surface area contributed by atoms with Crippen LogP contribution in [0.15, 0.2) is 29.2 Å². The third-order valence-electron chi connectivity index (χ3n) is 4.55. The molecule has 1 atom stereocenters. The van der Waals surface area contributed by atoms with E-state index in [1.165, 1.54) is 28.6 Å². The molecule has 150 valence electrons. The van der Waals surface area contributed by atoms with Gasteiger partial charge >= 0.3 is 0 Å². The molecule has 1 aliphatic heterocycles. The summed E-state index contributed by atoms with van der Waals surface area (Å²) >= 11 is 0. The summed E-state index contributed by atoms with van der Waals surface area (Å²) in [6.45, 7) is 5.19. The van der Waals surface area contributed by atoms with Gasteiger partial charge in [-0.05, 0) is 49.1 Å². The molecule has 26 heavy (non-hydrogen) atoms. The Morgan fingerprint density at radius 1 is 1.19 bits per heavy atom. The van der Waals surface area contributed by atoms with E-state index in [-0.39, 0.29) is 28.5 Å². The van der Waals surface area contributed by atoms with Crippen LogP contribution in [-0.4, -0.2) is 46.5 Å². The largest absolute Gasteiger partial charge is 0.330 e. The molecule has 1 fully saturated rings. The normalized spacial score (nSPS) is 21.3. The fourth-order valence-corrected chi connectivity index (χ4v) is 5.62. The fourth-order valence-electron chi connectivity index (χ4n) is 2.76. The Balaban J connectivity index is 0.00000338. The first-order valence-corrected chi connectivity index (χ1v) is 11.5. The van der Waals surface area contributed by atoms with Crippen LogP contribution in [0.5, 0.6) is 0 Å². The lowest BCUT2D eigenvalue weighted by atomic mass is 9.90. The van der Waals surface area contributed by atoms with E-state index in [2.05, 4.69) is 4.72 Å². The molecule has 0 radical (unpaired) electrons. The molecule has 1 heterocycles. The van der Waals surface area contributed by atoms with E-state index in [0.717, 1.165) is 12.8 Å². The summed E-state index contributed by atoms with van der Waals surface area (Å²) in [4.78, 5) is 0.158. The fraction of sp³-hybridized carbons (Fsp3) is 0.625. The smallest absolute Gasteiger partial charge is 0.243 e. The molecule has 1 unspecified atom stereocenters. The van der Waals surface area contributed by atoms with Gasteiger partial charge in [0.1, 0.15) is 0 Å². The summed E-state index contributed by atoms with van der Waals surface area (Å²) in [6, 6.07) is 5.83. The number of nitrogens with two attached hydrogens (primary N) is 1. The van der Waals surface area contributed by atoms with E-state index in [4.69, 9.17) is 5.73 Å². The van der Waals surface area contributed by atoms with Crippen molar-refractivity contribution in [2.45, 2.75) is 38.0 Å². The Morgan fingerprint density at radius 3 is 2.31 bits per heavy atom. The van der Waals surface area contributed by atoms with Gasteiger partial charge in [-0.25, -0.2) is 16.8 Å². The van der Waals surface area contributed by atoms with Gasteiger partial charge in [0.2, 0.25) is 20.0 Å². The standard InChI is InChI=1S/C16H27N3O4S2.ClH/c1-3-4-11-24(20,21)18-14-5-7-15(8-6-14)25(22,23)19-10-9-16(2,12-17)13-19;/h5-8,18H,3-4,9-13,17H2,1-2H3;1H. The molecular weight excluding hydrogens is 398 g/mol. The second-order valence-electron chi connectivity index (χ2n) is 6.90. The Hall–Kier alpha value is -0.870. The second kappa shape index (κ2) is 8.88. The monoisotopic (exact) mass is 425 g/mol. The van der Waals surface area contributed by atoms with Gasteiger partial charge < -0.3 is 5.73 Å². The van der Waals surface area contributed by atoms with Crippen LogP contribution in [0.1, 0.15) is 33.1 Å². The highest BCUT2D eigenvalue weighted by Gasteiger charge is 2.38. The number of anilines is 1. The number of unbranched alkanes of at least 4 members (excludes halogenated alkanes) is 1. The minimum atomic E-state index is -3.59. The number of benzene rings is 1. The predicted octanol–water partition coefficient (Wildman–Crippen LogP) is 2.01. The molecule has 1 aromatic rings.